The molecule has 90 valence electrons. The molecule has 2 aromatic heterocycles. The van der Waals surface area contributed by atoms with Gasteiger partial charge >= 0.3 is 0 Å². The third-order valence-corrected chi connectivity index (χ3v) is 3.26. The van der Waals surface area contributed by atoms with Gasteiger partial charge in [-0.2, -0.15) is 0 Å². The van der Waals surface area contributed by atoms with Gasteiger partial charge in [-0.05, 0) is 36.5 Å². The molecule has 1 aromatic carbocycles. The minimum Gasteiger partial charge on any atom is -0.331 e. The van der Waals surface area contributed by atoms with Gasteiger partial charge in [0.2, 0.25) is 0 Å². The van der Waals surface area contributed by atoms with E-state index in [4.69, 9.17) is 23.8 Å². The number of imidazole rings is 1. The van der Waals surface area contributed by atoms with Gasteiger partial charge in [0.1, 0.15) is 6.33 Å². The standard InChI is InChI=1S/C12H9ClN4S/c13-8-1-2-10-11(5-8)17(12(18)16-10)6-9-3-4-14-7-15-9/h1-5,7H,6H2,(H,16,18). The quantitative estimate of drug-likeness (QED) is 0.731. The molecule has 0 aliphatic carbocycles. The normalized spacial score (nSPS) is 10.9. The zero-order chi connectivity index (χ0) is 12.5. The maximum atomic E-state index is 6.02. The summed E-state index contributed by atoms with van der Waals surface area (Å²) in [6, 6.07) is 7.52. The Morgan fingerprint density at radius 2 is 2.22 bits per heavy atom. The highest BCUT2D eigenvalue weighted by molar-refractivity contribution is 7.71. The van der Waals surface area contributed by atoms with Crippen LogP contribution in [0.15, 0.2) is 36.8 Å². The van der Waals surface area contributed by atoms with Crippen LogP contribution >= 0.6 is 23.8 Å². The van der Waals surface area contributed by atoms with Gasteiger partial charge in [-0.15, -0.1) is 0 Å². The van der Waals surface area contributed by atoms with Crippen LogP contribution in [0.4, 0.5) is 0 Å². The lowest BCUT2D eigenvalue weighted by molar-refractivity contribution is 0.780. The van der Waals surface area contributed by atoms with E-state index in [0.717, 1.165) is 16.7 Å². The van der Waals surface area contributed by atoms with Crippen molar-refractivity contribution in [2.24, 2.45) is 0 Å². The van der Waals surface area contributed by atoms with Crippen molar-refractivity contribution in [3.63, 3.8) is 0 Å². The highest BCUT2D eigenvalue weighted by Crippen LogP contribution is 2.19. The summed E-state index contributed by atoms with van der Waals surface area (Å²) in [5, 5.41) is 0.688. The van der Waals surface area contributed by atoms with Crippen molar-refractivity contribution >= 4 is 34.9 Å². The number of fused-ring (bicyclic) bond motifs is 1. The van der Waals surface area contributed by atoms with E-state index in [9.17, 15) is 0 Å². The van der Waals surface area contributed by atoms with E-state index in [1.165, 1.54) is 6.33 Å². The number of hydrogen-bond donors (Lipinski definition) is 1. The fourth-order valence-corrected chi connectivity index (χ4v) is 2.30. The summed E-state index contributed by atoms with van der Waals surface area (Å²) in [6.07, 6.45) is 3.24. The number of rotatable bonds is 2. The Morgan fingerprint density at radius 3 is 3.00 bits per heavy atom. The number of aromatic amines is 1. The number of nitrogens with one attached hydrogen (secondary N) is 1. The molecular weight excluding hydrogens is 268 g/mol. The summed E-state index contributed by atoms with van der Waals surface area (Å²) >= 11 is 11.3. The number of aromatic nitrogens is 4. The fourth-order valence-electron chi connectivity index (χ4n) is 1.86. The van der Waals surface area contributed by atoms with Gasteiger partial charge in [-0.3, -0.25) is 0 Å². The lowest BCUT2D eigenvalue weighted by Gasteiger charge is -2.03. The molecule has 6 heteroatoms. The molecule has 0 radical (unpaired) electrons. The van der Waals surface area contributed by atoms with Crippen molar-refractivity contribution in [1.82, 2.24) is 19.5 Å². The topological polar surface area (TPSA) is 46.5 Å². The van der Waals surface area contributed by atoms with Crippen molar-refractivity contribution in [2.75, 3.05) is 0 Å². The van der Waals surface area contributed by atoms with Gasteiger partial charge in [0, 0.05) is 11.2 Å². The molecule has 0 unspecified atom stereocenters. The Balaban J connectivity index is 2.14. The number of halogens is 1. The Hall–Kier alpha value is -1.72. The van der Waals surface area contributed by atoms with Crippen LogP contribution in [0.5, 0.6) is 0 Å². The second-order valence-electron chi connectivity index (χ2n) is 3.88. The van der Waals surface area contributed by atoms with E-state index < -0.39 is 0 Å². The molecule has 0 fully saturated rings. The van der Waals surface area contributed by atoms with Crippen LogP contribution in [-0.2, 0) is 6.54 Å². The van der Waals surface area contributed by atoms with Crippen LogP contribution in [0.1, 0.15) is 5.69 Å². The molecule has 3 rings (SSSR count). The second kappa shape index (κ2) is 4.51. The molecule has 0 aliphatic heterocycles. The lowest BCUT2D eigenvalue weighted by atomic mass is 10.3. The summed E-state index contributed by atoms with van der Waals surface area (Å²) in [5.74, 6) is 0. The highest BCUT2D eigenvalue weighted by atomic mass is 35.5. The van der Waals surface area contributed by atoms with Gasteiger partial charge < -0.3 is 9.55 Å². The van der Waals surface area contributed by atoms with E-state index in [2.05, 4.69) is 15.0 Å². The van der Waals surface area contributed by atoms with Crippen molar-refractivity contribution in [3.05, 3.63) is 52.3 Å². The Labute approximate surface area is 113 Å². The maximum absolute atomic E-state index is 6.02. The van der Waals surface area contributed by atoms with Gasteiger partial charge in [-0.25, -0.2) is 9.97 Å². The van der Waals surface area contributed by atoms with Crippen molar-refractivity contribution < 1.29 is 0 Å². The molecule has 2 heterocycles. The number of hydrogen-bond acceptors (Lipinski definition) is 3. The molecule has 4 nitrogen and oxygen atoms in total. The van der Waals surface area contributed by atoms with Crippen molar-refractivity contribution in [2.45, 2.75) is 6.54 Å². The Bertz CT molecular complexity index is 748. The molecule has 1 N–H and O–H groups in total. The highest BCUT2D eigenvalue weighted by Gasteiger charge is 2.06. The largest absolute Gasteiger partial charge is 0.331 e. The molecule has 0 bridgehead atoms. The van der Waals surface area contributed by atoms with E-state index >= 15 is 0 Å². The predicted octanol–water partition coefficient (Wildman–Crippen LogP) is 3.19. The molecular formula is C12H9ClN4S. The van der Waals surface area contributed by atoms with Crippen LogP contribution in [0.25, 0.3) is 11.0 Å². The predicted molar refractivity (Wildman–Crippen MR) is 73.3 cm³/mol. The summed E-state index contributed by atoms with van der Waals surface area (Å²) in [6.45, 7) is 0.599. The zero-order valence-electron chi connectivity index (χ0n) is 9.30. The molecule has 0 aliphatic rings. The second-order valence-corrected chi connectivity index (χ2v) is 4.70. The average Bonchev–Trinajstić information content (AvgIpc) is 2.67. The Kier molecular flexibility index (Phi) is 2.85. The summed E-state index contributed by atoms with van der Waals surface area (Å²) in [7, 11) is 0. The number of nitrogens with zero attached hydrogens (tertiary/aromatic N) is 3. The van der Waals surface area contributed by atoms with Crippen molar-refractivity contribution in [3.8, 4) is 0 Å². The maximum Gasteiger partial charge on any atom is 0.178 e. The average molecular weight is 277 g/mol. The van der Waals surface area contributed by atoms with Crippen LogP contribution < -0.4 is 0 Å². The minimum atomic E-state index is 0.599. The van der Waals surface area contributed by atoms with Gasteiger partial charge in [-0.1, -0.05) is 11.6 Å². The van der Waals surface area contributed by atoms with Gasteiger partial charge in [0.05, 0.1) is 23.3 Å². The molecule has 3 aromatic rings. The van der Waals surface area contributed by atoms with E-state index in [1.807, 2.05) is 28.8 Å². The van der Waals surface area contributed by atoms with E-state index in [0.29, 0.717) is 16.3 Å². The molecule has 0 atom stereocenters. The monoisotopic (exact) mass is 276 g/mol. The smallest absolute Gasteiger partial charge is 0.178 e. The minimum absolute atomic E-state index is 0.599. The summed E-state index contributed by atoms with van der Waals surface area (Å²) in [4.78, 5) is 11.2. The lowest BCUT2D eigenvalue weighted by Crippen LogP contribution is -2.01. The first-order valence-corrected chi connectivity index (χ1v) is 6.15. The van der Waals surface area contributed by atoms with E-state index in [-0.39, 0.29) is 0 Å². The van der Waals surface area contributed by atoms with Crippen LogP contribution in [0.3, 0.4) is 0 Å². The first-order valence-electron chi connectivity index (χ1n) is 5.37. The molecule has 18 heavy (non-hydrogen) atoms. The third kappa shape index (κ3) is 2.02. The molecule has 0 saturated heterocycles. The molecule has 0 saturated carbocycles. The zero-order valence-corrected chi connectivity index (χ0v) is 10.9. The van der Waals surface area contributed by atoms with Crippen LogP contribution in [-0.4, -0.2) is 19.5 Å². The number of H-pyrrole nitrogens is 1. The fraction of sp³-hybridized carbons (Fsp3) is 0.0833. The Morgan fingerprint density at radius 1 is 1.33 bits per heavy atom. The van der Waals surface area contributed by atoms with E-state index in [1.54, 1.807) is 6.20 Å². The molecule has 0 amide bonds. The molecule has 0 spiro atoms. The summed E-state index contributed by atoms with van der Waals surface area (Å²) in [5.41, 5.74) is 2.85. The van der Waals surface area contributed by atoms with Crippen LogP contribution in [0, 0.1) is 4.77 Å². The van der Waals surface area contributed by atoms with Crippen LogP contribution in [0.2, 0.25) is 5.02 Å². The summed E-state index contributed by atoms with van der Waals surface area (Å²) < 4.78 is 2.63. The van der Waals surface area contributed by atoms with Crippen molar-refractivity contribution in [1.29, 1.82) is 0 Å². The van der Waals surface area contributed by atoms with Gasteiger partial charge in [0.15, 0.2) is 4.77 Å². The SMILES string of the molecule is S=c1[nH]c2ccc(Cl)cc2n1Cc1ccncn1. The van der Waals surface area contributed by atoms with Gasteiger partial charge in [0.25, 0.3) is 0 Å². The number of benzene rings is 1. The first-order chi connectivity index (χ1) is 8.74. The first kappa shape index (κ1) is 11.4. The third-order valence-electron chi connectivity index (χ3n) is 2.70.